The first-order chi connectivity index (χ1) is 11.5. The molecule has 0 heterocycles. The van der Waals surface area contributed by atoms with E-state index in [-0.39, 0.29) is 21.0 Å². The summed E-state index contributed by atoms with van der Waals surface area (Å²) in [5, 5.41) is 1.21. The molecule has 0 atom stereocenters. The molecule has 0 unspecified atom stereocenters. The quantitative estimate of drug-likeness (QED) is 0.230. The molecule has 5 heteroatoms. The molecule has 122 valence electrons. The zero-order valence-corrected chi connectivity index (χ0v) is 16.0. The van der Waals surface area contributed by atoms with Crippen molar-refractivity contribution in [1.82, 2.24) is 0 Å². The third-order valence-electron chi connectivity index (χ3n) is 3.80. The molecule has 3 aromatic rings. The fourth-order valence-electron chi connectivity index (χ4n) is 2.69. The van der Waals surface area contributed by atoms with Crippen LogP contribution in [0.4, 0.5) is 0 Å². The van der Waals surface area contributed by atoms with E-state index >= 15 is 0 Å². The molecule has 3 aromatic carbocycles. The fourth-order valence-corrected chi connectivity index (χ4v) is 4.06. The molecule has 3 rings (SSSR count). The Bertz CT molecular complexity index is 791. The van der Waals surface area contributed by atoms with Crippen LogP contribution in [0.3, 0.4) is 0 Å². The average molecular weight is 417 g/mol. The standard InChI is InChI=1S/C19H11Cl5/c20-15-14(16(21)18(23)19(24)17(15)22)13(11-7-3-1-4-8-11)12-9-5-2-6-10-12/h1-10,13H. The van der Waals surface area contributed by atoms with E-state index in [2.05, 4.69) is 0 Å². The second-order valence-electron chi connectivity index (χ2n) is 5.24. The summed E-state index contributed by atoms with van der Waals surface area (Å²) < 4.78 is 0. The molecule has 0 spiro atoms. The van der Waals surface area contributed by atoms with Gasteiger partial charge in [-0.2, -0.15) is 0 Å². The summed E-state index contributed by atoms with van der Waals surface area (Å²) in [6, 6.07) is 19.8. The Hall–Kier alpha value is -0.890. The summed E-state index contributed by atoms with van der Waals surface area (Å²) in [5.74, 6) is -0.209. The third kappa shape index (κ3) is 3.27. The van der Waals surface area contributed by atoms with Crippen LogP contribution in [0.1, 0.15) is 22.6 Å². The zero-order chi connectivity index (χ0) is 17.3. The Morgan fingerprint density at radius 2 is 0.792 bits per heavy atom. The van der Waals surface area contributed by atoms with Crippen LogP contribution in [0.5, 0.6) is 0 Å². The highest BCUT2D eigenvalue weighted by atomic mass is 35.5. The smallest absolute Gasteiger partial charge is 0.0809 e. The van der Waals surface area contributed by atoms with Crippen molar-refractivity contribution in [3.05, 3.63) is 102 Å². The average Bonchev–Trinajstić information content (AvgIpc) is 2.63. The van der Waals surface area contributed by atoms with Crippen LogP contribution in [-0.4, -0.2) is 0 Å². The monoisotopic (exact) mass is 414 g/mol. The molecule has 0 bridgehead atoms. The van der Waals surface area contributed by atoms with Crippen LogP contribution in [0.25, 0.3) is 0 Å². The highest BCUT2D eigenvalue weighted by Gasteiger charge is 2.27. The van der Waals surface area contributed by atoms with Gasteiger partial charge in [0.05, 0.1) is 25.1 Å². The van der Waals surface area contributed by atoms with Crippen LogP contribution in [0.15, 0.2) is 60.7 Å². The van der Waals surface area contributed by atoms with Crippen molar-refractivity contribution in [2.75, 3.05) is 0 Å². The van der Waals surface area contributed by atoms with Gasteiger partial charge in [-0.3, -0.25) is 0 Å². The van der Waals surface area contributed by atoms with Gasteiger partial charge >= 0.3 is 0 Å². The summed E-state index contributed by atoms with van der Waals surface area (Å²) in [7, 11) is 0. The van der Waals surface area contributed by atoms with E-state index in [9.17, 15) is 0 Å². The van der Waals surface area contributed by atoms with Gasteiger partial charge in [-0.05, 0) is 11.1 Å². The first kappa shape index (κ1) is 17.9. The van der Waals surface area contributed by atoms with Crippen molar-refractivity contribution < 1.29 is 0 Å². The summed E-state index contributed by atoms with van der Waals surface area (Å²) in [6.07, 6.45) is 0. The molecular weight excluding hydrogens is 405 g/mol. The highest BCUT2D eigenvalue weighted by molar-refractivity contribution is 6.55. The number of rotatable bonds is 3. The summed E-state index contributed by atoms with van der Waals surface area (Å²) in [6.45, 7) is 0. The Balaban J connectivity index is 2.33. The van der Waals surface area contributed by atoms with E-state index in [1.165, 1.54) is 0 Å². The SMILES string of the molecule is Clc1c(Cl)c(Cl)c(C(c2ccccc2)c2ccccc2)c(Cl)c1Cl. The molecule has 0 aliphatic heterocycles. The molecule has 0 aliphatic carbocycles. The maximum atomic E-state index is 6.51. The lowest BCUT2D eigenvalue weighted by atomic mass is 9.85. The molecule has 0 nitrogen and oxygen atoms in total. The van der Waals surface area contributed by atoms with Gasteiger partial charge < -0.3 is 0 Å². The molecule has 0 amide bonds. The molecule has 0 aromatic heterocycles. The molecule has 0 fully saturated rings. The van der Waals surface area contributed by atoms with Crippen molar-refractivity contribution in [2.24, 2.45) is 0 Å². The minimum absolute atomic E-state index is 0.164. The van der Waals surface area contributed by atoms with Crippen molar-refractivity contribution in [1.29, 1.82) is 0 Å². The van der Waals surface area contributed by atoms with E-state index in [4.69, 9.17) is 58.0 Å². The second-order valence-corrected chi connectivity index (χ2v) is 7.13. The van der Waals surface area contributed by atoms with Gasteiger partial charge in [-0.25, -0.2) is 0 Å². The maximum absolute atomic E-state index is 6.51. The van der Waals surface area contributed by atoms with Crippen LogP contribution in [-0.2, 0) is 0 Å². The van der Waals surface area contributed by atoms with E-state index in [0.29, 0.717) is 15.6 Å². The molecule has 24 heavy (non-hydrogen) atoms. The van der Waals surface area contributed by atoms with Crippen molar-refractivity contribution >= 4 is 58.0 Å². The van der Waals surface area contributed by atoms with Gasteiger partial charge in [-0.1, -0.05) is 119 Å². The zero-order valence-electron chi connectivity index (χ0n) is 12.2. The Kier molecular flexibility index (Phi) is 5.64. The predicted molar refractivity (Wildman–Crippen MR) is 105 cm³/mol. The lowest BCUT2D eigenvalue weighted by Crippen LogP contribution is -2.06. The summed E-state index contributed by atoms with van der Waals surface area (Å²) in [5.41, 5.74) is 2.71. The van der Waals surface area contributed by atoms with Crippen LogP contribution in [0.2, 0.25) is 25.1 Å². The molecule has 0 radical (unpaired) electrons. The van der Waals surface area contributed by atoms with E-state index in [1.54, 1.807) is 0 Å². The summed E-state index contributed by atoms with van der Waals surface area (Å²) >= 11 is 31.7. The molecule has 0 saturated carbocycles. The lowest BCUT2D eigenvalue weighted by Gasteiger charge is -2.23. The Labute approximate surface area is 165 Å². The minimum atomic E-state index is -0.209. The van der Waals surface area contributed by atoms with Gasteiger partial charge in [0, 0.05) is 11.5 Å². The molecule has 0 N–H and O–H groups in total. The first-order valence-corrected chi connectivity index (χ1v) is 9.02. The molecule has 0 aliphatic rings. The fraction of sp³-hybridized carbons (Fsp3) is 0.0526. The van der Waals surface area contributed by atoms with Gasteiger partial charge in [0.1, 0.15) is 0 Å². The highest BCUT2D eigenvalue weighted by Crippen LogP contribution is 2.49. The minimum Gasteiger partial charge on any atom is -0.0823 e. The van der Waals surface area contributed by atoms with Gasteiger partial charge in [0.2, 0.25) is 0 Å². The lowest BCUT2D eigenvalue weighted by molar-refractivity contribution is 0.978. The Morgan fingerprint density at radius 3 is 1.17 bits per heavy atom. The van der Waals surface area contributed by atoms with Crippen molar-refractivity contribution in [3.8, 4) is 0 Å². The molecular formula is C19H11Cl5. The van der Waals surface area contributed by atoms with Gasteiger partial charge in [-0.15, -0.1) is 0 Å². The third-order valence-corrected chi connectivity index (χ3v) is 6.10. The van der Waals surface area contributed by atoms with Gasteiger partial charge in [0.15, 0.2) is 0 Å². The number of halogens is 5. The van der Waals surface area contributed by atoms with Crippen molar-refractivity contribution in [3.63, 3.8) is 0 Å². The van der Waals surface area contributed by atoms with E-state index < -0.39 is 0 Å². The number of benzene rings is 3. The van der Waals surface area contributed by atoms with Crippen LogP contribution in [0, 0.1) is 0 Å². The Morgan fingerprint density at radius 1 is 0.458 bits per heavy atom. The first-order valence-electron chi connectivity index (χ1n) is 7.13. The number of hydrogen-bond donors (Lipinski definition) is 0. The predicted octanol–water partition coefficient (Wildman–Crippen LogP) is 8.13. The maximum Gasteiger partial charge on any atom is 0.0809 e. The summed E-state index contributed by atoms with van der Waals surface area (Å²) in [4.78, 5) is 0. The van der Waals surface area contributed by atoms with Crippen molar-refractivity contribution in [2.45, 2.75) is 5.92 Å². The van der Waals surface area contributed by atoms with Crippen LogP contribution >= 0.6 is 58.0 Å². The second kappa shape index (κ2) is 7.56. The number of hydrogen-bond acceptors (Lipinski definition) is 0. The van der Waals surface area contributed by atoms with E-state index in [0.717, 1.165) is 11.1 Å². The normalized spacial score (nSPS) is 11.1. The van der Waals surface area contributed by atoms with Crippen LogP contribution < -0.4 is 0 Å². The molecule has 0 saturated heterocycles. The largest absolute Gasteiger partial charge is 0.0823 e. The van der Waals surface area contributed by atoms with Gasteiger partial charge in [0.25, 0.3) is 0 Å². The topological polar surface area (TPSA) is 0 Å². The van der Waals surface area contributed by atoms with E-state index in [1.807, 2.05) is 60.7 Å².